The van der Waals surface area contributed by atoms with Crippen molar-refractivity contribution in [1.29, 1.82) is 0 Å². The van der Waals surface area contributed by atoms with Gasteiger partial charge in [-0.1, -0.05) is 13.3 Å². The molecule has 1 rings (SSSR count). The molecule has 0 spiro atoms. The topological polar surface area (TPSA) is 42.0 Å². The molecule has 1 N–H and O–H groups in total. The number of amides is 1. The molecule has 0 fully saturated rings. The van der Waals surface area contributed by atoms with Crippen molar-refractivity contribution in [3.63, 3.8) is 0 Å². The largest absolute Gasteiger partial charge is 0.434 e. The Morgan fingerprint density at radius 1 is 1.44 bits per heavy atom. The summed E-state index contributed by atoms with van der Waals surface area (Å²) in [5.41, 5.74) is -1.63. The lowest BCUT2D eigenvalue weighted by Gasteiger charge is -2.12. The minimum absolute atomic E-state index is 0.0416. The third kappa shape index (κ3) is 3.97. The van der Waals surface area contributed by atoms with Crippen LogP contribution in [0.1, 0.15) is 35.8 Å². The fourth-order valence-corrected chi connectivity index (χ4v) is 1.62. The number of pyridine rings is 1. The van der Waals surface area contributed by atoms with Crippen molar-refractivity contribution in [2.45, 2.75) is 25.9 Å². The first-order valence-electron chi connectivity index (χ1n) is 5.38. The first-order valence-corrected chi connectivity index (χ1v) is 6.17. The predicted molar refractivity (Wildman–Crippen MR) is 64.2 cm³/mol. The van der Waals surface area contributed by atoms with Crippen molar-refractivity contribution in [2.75, 3.05) is 6.54 Å². The summed E-state index contributed by atoms with van der Waals surface area (Å²) >= 11 is 2.86. The second-order valence-electron chi connectivity index (χ2n) is 3.64. The van der Waals surface area contributed by atoms with Gasteiger partial charge in [0, 0.05) is 6.54 Å². The van der Waals surface area contributed by atoms with Crippen LogP contribution in [0.15, 0.2) is 16.7 Å². The molecule has 0 atom stereocenters. The Morgan fingerprint density at radius 3 is 2.67 bits per heavy atom. The van der Waals surface area contributed by atoms with E-state index in [9.17, 15) is 18.0 Å². The Labute approximate surface area is 111 Å². The standard InChI is InChI=1S/C11H12BrF3N2O/c1-2-3-6-16-10(18)7-4-5-8(12)17-9(7)11(13,14)15/h4-5H,2-3,6H2,1H3,(H,16,18). The fraction of sp³-hybridized carbons (Fsp3) is 0.455. The Bertz CT molecular complexity index is 435. The minimum atomic E-state index is -4.65. The highest BCUT2D eigenvalue weighted by atomic mass is 79.9. The number of alkyl halides is 3. The van der Waals surface area contributed by atoms with Crippen LogP contribution < -0.4 is 5.32 Å². The monoisotopic (exact) mass is 324 g/mol. The summed E-state index contributed by atoms with van der Waals surface area (Å²) in [4.78, 5) is 15.0. The average Bonchev–Trinajstić information content (AvgIpc) is 2.28. The molecule has 1 amide bonds. The summed E-state index contributed by atoms with van der Waals surface area (Å²) in [7, 11) is 0. The number of halogens is 4. The quantitative estimate of drug-likeness (QED) is 0.681. The SMILES string of the molecule is CCCCNC(=O)c1ccc(Br)nc1C(F)(F)F. The second kappa shape index (κ2) is 6.17. The molecule has 0 saturated carbocycles. The minimum Gasteiger partial charge on any atom is -0.352 e. The lowest BCUT2D eigenvalue weighted by molar-refractivity contribution is -0.141. The van der Waals surface area contributed by atoms with E-state index in [1.807, 2.05) is 6.92 Å². The molecular formula is C11H12BrF3N2O. The number of carbonyl (C=O) groups is 1. The third-order valence-corrected chi connectivity index (χ3v) is 2.63. The molecule has 0 aliphatic rings. The molecule has 0 aliphatic carbocycles. The van der Waals surface area contributed by atoms with Gasteiger partial charge in [-0.2, -0.15) is 13.2 Å². The van der Waals surface area contributed by atoms with Crippen LogP contribution in [0.5, 0.6) is 0 Å². The van der Waals surface area contributed by atoms with Gasteiger partial charge in [0.2, 0.25) is 0 Å². The molecule has 1 aromatic rings. The highest BCUT2D eigenvalue weighted by molar-refractivity contribution is 9.10. The maximum atomic E-state index is 12.7. The Hall–Kier alpha value is -1.11. The van der Waals surface area contributed by atoms with Crippen LogP contribution >= 0.6 is 15.9 Å². The van der Waals surface area contributed by atoms with Crippen molar-refractivity contribution >= 4 is 21.8 Å². The maximum Gasteiger partial charge on any atom is 0.434 e. The van der Waals surface area contributed by atoms with Crippen molar-refractivity contribution in [2.24, 2.45) is 0 Å². The first kappa shape index (κ1) is 14.9. The number of hydrogen-bond donors (Lipinski definition) is 1. The number of nitrogens with zero attached hydrogens (tertiary/aromatic N) is 1. The molecule has 1 aromatic heterocycles. The molecule has 18 heavy (non-hydrogen) atoms. The van der Waals surface area contributed by atoms with E-state index >= 15 is 0 Å². The van der Waals surface area contributed by atoms with Gasteiger partial charge in [-0.05, 0) is 34.5 Å². The first-order chi connectivity index (χ1) is 8.36. The summed E-state index contributed by atoms with van der Waals surface area (Å²) in [5.74, 6) is -0.754. The van der Waals surface area contributed by atoms with Gasteiger partial charge in [0.25, 0.3) is 5.91 Å². The molecule has 0 saturated heterocycles. The summed E-state index contributed by atoms with van der Waals surface area (Å²) in [6, 6.07) is 2.42. The summed E-state index contributed by atoms with van der Waals surface area (Å²) in [6.07, 6.45) is -3.08. The van der Waals surface area contributed by atoms with Crippen molar-refractivity contribution < 1.29 is 18.0 Å². The summed E-state index contributed by atoms with van der Waals surface area (Å²) in [5, 5.41) is 2.44. The van der Waals surface area contributed by atoms with Crippen molar-refractivity contribution in [1.82, 2.24) is 10.3 Å². The number of carbonyl (C=O) groups excluding carboxylic acids is 1. The second-order valence-corrected chi connectivity index (χ2v) is 4.45. The van der Waals surface area contributed by atoms with Gasteiger partial charge in [0.05, 0.1) is 5.56 Å². The lowest BCUT2D eigenvalue weighted by atomic mass is 10.1. The predicted octanol–water partition coefficient (Wildman–Crippen LogP) is 3.39. The van der Waals surface area contributed by atoms with Gasteiger partial charge in [-0.25, -0.2) is 4.98 Å². The average molecular weight is 325 g/mol. The molecule has 0 bridgehead atoms. The zero-order chi connectivity index (χ0) is 13.8. The van der Waals surface area contributed by atoms with E-state index in [4.69, 9.17) is 0 Å². The van der Waals surface area contributed by atoms with Gasteiger partial charge < -0.3 is 5.32 Å². The van der Waals surface area contributed by atoms with E-state index in [1.54, 1.807) is 0 Å². The number of unbranched alkanes of at least 4 members (excludes halogenated alkanes) is 1. The van der Waals surface area contributed by atoms with Crippen LogP contribution in [0.2, 0.25) is 0 Å². The molecule has 0 aromatic carbocycles. The van der Waals surface area contributed by atoms with Crippen molar-refractivity contribution in [3.8, 4) is 0 Å². The highest BCUT2D eigenvalue weighted by Crippen LogP contribution is 2.31. The Morgan fingerprint density at radius 2 is 2.11 bits per heavy atom. The molecule has 3 nitrogen and oxygen atoms in total. The van der Waals surface area contributed by atoms with E-state index in [-0.39, 0.29) is 4.60 Å². The van der Waals surface area contributed by atoms with Crippen LogP contribution in [0.25, 0.3) is 0 Å². The van der Waals surface area contributed by atoms with Crippen LogP contribution in [-0.4, -0.2) is 17.4 Å². The summed E-state index contributed by atoms with van der Waals surface area (Å²) in [6.45, 7) is 2.27. The zero-order valence-corrected chi connectivity index (χ0v) is 11.2. The van der Waals surface area contributed by atoms with E-state index < -0.39 is 23.3 Å². The Balaban J connectivity index is 2.97. The number of nitrogens with one attached hydrogen (secondary N) is 1. The molecule has 1 heterocycles. The maximum absolute atomic E-state index is 12.7. The van der Waals surface area contributed by atoms with E-state index in [2.05, 4.69) is 26.2 Å². The molecular weight excluding hydrogens is 313 g/mol. The van der Waals surface area contributed by atoms with Crippen LogP contribution in [0.3, 0.4) is 0 Å². The smallest absolute Gasteiger partial charge is 0.352 e. The van der Waals surface area contributed by atoms with Crippen LogP contribution in [0.4, 0.5) is 13.2 Å². The number of rotatable bonds is 4. The van der Waals surface area contributed by atoms with Gasteiger partial charge in [-0.15, -0.1) is 0 Å². The lowest BCUT2D eigenvalue weighted by Crippen LogP contribution is -2.27. The Kier molecular flexibility index (Phi) is 5.13. The number of hydrogen-bond acceptors (Lipinski definition) is 2. The van der Waals surface area contributed by atoms with E-state index in [0.29, 0.717) is 6.54 Å². The van der Waals surface area contributed by atoms with Gasteiger partial charge >= 0.3 is 6.18 Å². The molecule has 0 radical (unpaired) electrons. The van der Waals surface area contributed by atoms with E-state index in [0.717, 1.165) is 18.9 Å². The molecule has 7 heteroatoms. The number of aromatic nitrogens is 1. The third-order valence-electron chi connectivity index (χ3n) is 2.19. The van der Waals surface area contributed by atoms with Gasteiger partial charge in [0.1, 0.15) is 4.60 Å². The summed E-state index contributed by atoms with van der Waals surface area (Å²) < 4.78 is 38.2. The van der Waals surface area contributed by atoms with Gasteiger partial charge in [0.15, 0.2) is 5.69 Å². The van der Waals surface area contributed by atoms with E-state index in [1.165, 1.54) is 6.07 Å². The van der Waals surface area contributed by atoms with Crippen molar-refractivity contribution in [3.05, 3.63) is 28.0 Å². The fourth-order valence-electron chi connectivity index (χ4n) is 1.31. The molecule has 0 unspecified atom stereocenters. The normalized spacial score (nSPS) is 11.4. The highest BCUT2D eigenvalue weighted by Gasteiger charge is 2.37. The molecule has 100 valence electrons. The van der Waals surface area contributed by atoms with Crippen LogP contribution in [-0.2, 0) is 6.18 Å². The zero-order valence-electron chi connectivity index (χ0n) is 9.64. The molecule has 0 aliphatic heterocycles. The van der Waals surface area contributed by atoms with Gasteiger partial charge in [-0.3, -0.25) is 4.79 Å². The van der Waals surface area contributed by atoms with Crippen LogP contribution in [0, 0.1) is 0 Å².